The largest absolute Gasteiger partial charge is 0.481 e. The number of benzene rings is 1. The molecule has 1 aromatic heterocycles. The van der Waals surface area contributed by atoms with Crippen LogP contribution in [0, 0.1) is 5.92 Å². The highest BCUT2D eigenvalue weighted by Gasteiger charge is 2.27. The number of carboxylic acid groups (broad SMARTS) is 1. The van der Waals surface area contributed by atoms with Crippen LogP contribution in [0.1, 0.15) is 28.9 Å². The number of carbonyl (C=O) groups excluding carboxylic acids is 1. The van der Waals surface area contributed by atoms with Crippen LogP contribution in [0.3, 0.4) is 0 Å². The summed E-state index contributed by atoms with van der Waals surface area (Å²) >= 11 is 0. The zero-order valence-corrected chi connectivity index (χ0v) is 11.6. The van der Waals surface area contributed by atoms with E-state index in [0.717, 1.165) is 5.56 Å². The van der Waals surface area contributed by atoms with Gasteiger partial charge in [-0.1, -0.05) is 30.3 Å². The fourth-order valence-corrected chi connectivity index (χ4v) is 2.02. The summed E-state index contributed by atoms with van der Waals surface area (Å²) in [6.45, 7) is 1.57. The fraction of sp³-hybridized carbons (Fsp3) is 0.188. The SMILES string of the molecule is C[C@H](C(=O)O)[C@H](NC(=O)c1cccnc1)c1ccccc1. The van der Waals surface area contributed by atoms with E-state index in [-0.39, 0.29) is 5.91 Å². The number of hydrogen-bond acceptors (Lipinski definition) is 3. The Balaban J connectivity index is 2.25. The number of rotatable bonds is 5. The average molecular weight is 284 g/mol. The third kappa shape index (κ3) is 3.66. The highest BCUT2D eigenvalue weighted by molar-refractivity contribution is 5.94. The number of nitrogens with zero attached hydrogens (tertiary/aromatic N) is 1. The summed E-state index contributed by atoms with van der Waals surface area (Å²) < 4.78 is 0. The molecule has 0 aliphatic heterocycles. The maximum atomic E-state index is 12.2. The van der Waals surface area contributed by atoms with Gasteiger partial charge >= 0.3 is 5.97 Å². The normalized spacial score (nSPS) is 13.2. The van der Waals surface area contributed by atoms with Gasteiger partial charge in [0.2, 0.25) is 0 Å². The Hall–Kier alpha value is -2.69. The lowest BCUT2D eigenvalue weighted by molar-refractivity contribution is -0.142. The second-order valence-electron chi connectivity index (χ2n) is 4.73. The van der Waals surface area contributed by atoms with E-state index in [4.69, 9.17) is 0 Å². The lowest BCUT2D eigenvalue weighted by atomic mass is 9.94. The number of carbonyl (C=O) groups is 2. The number of hydrogen-bond donors (Lipinski definition) is 2. The van der Waals surface area contributed by atoms with Crippen molar-refractivity contribution in [1.82, 2.24) is 10.3 Å². The number of pyridine rings is 1. The van der Waals surface area contributed by atoms with Gasteiger partial charge in [0, 0.05) is 12.4 Å². The summed E-state index contributed by atoms with van der Waals surface area (Å²) in [5.41, 5.74) is 1.15. The molecule has 0 fully saturated rings. The lowest BCUT2D eigenvalue weighted by Gasteiger charge is -2.23. The van der Waals surface area contributed by atoms with Crippen LogP contribution in [0.2, 0.25) is 0 Å². The van der Waals surface area contributed by atoms with Crippen molar-refractivity contribution in [1.29, 1.82) is 0 Å². The number of carboxylic acids is 1. The van der Waals surface area contributed by atoms with Crippen molar-refractivity contribution < 1.29 is 14.7 Å². The van der Waals surface area contributed by atoms with Crippen LogP contribution in [0.5, 0.6) is 0 Å². The monoisotopic (exact) mass is 284 g/mol. The van der Waals surface area contributed by atoms with Gasteiger partial charge in [-0.15, -0.1) is 0 Å². The zero-order valence-electron chi connectivity index (χ0n) is 11.6. The molecule has 108 valence electrons. The van der Waals surface area contributed by atoms with Crippen LogP contribution in [-0.2, 0) is 4.79 Å². The molecule has 0 bridgehead atoms. The molecule has 1 aromatic carbocycles. The highest BCUT2D eigenvalue weighted by atomic mass is 16.4. The predicted octanol–water partition coefficient (Wildman–Crippen LogP) is 2.27. The maximum Gasteiger partial charge on any atom is 0.308 e. The molecule has 21 heavy (non-hydrogen) atoms. The molecule has 0 aliphatic rings. The van der Waals surface area contributed by atoms with E-state index in [1.165, 1.54) is 6.20 Å². The van der Waals surface area contributed by atoms with E-state index >= 15 is 0 Å². The van der Waals surface area contributed by atoms with Gasteiger partial charge in [-0.25, -0.2) is 0 Å². The first-order valence-electron chi connectivity index (χ1n) is 6.58. The minimum absolute atomic E-state index is 0.343. The minimum atomic E-state index is -0.963. The molecular weight excluding hydrogens is 268 g/mol. The average Bonchev–Trinajstić information content (AvgIpc) is 2.53. The third-order valence-corrected chi connectivity index (χ3v) is 3.26. The Labute approximate surface area is 122 Å². The Kier molecular flexibility index (Phi) is 4.66. The van der Waals surface area contributed by atoms with Gasteiger partial charge in [-0.05, 0) is 24.6 Å². The lowest BCUT2D eigenvalue weighted by Crippen LogP contribution is -2.35. The standard InChI is InChI=1S/C16H16N2O3/c1-11(16(20)21)14(12-6-3-2-4-7-12)18-15(19)13-8-5-9-17-10-13/h2-11,14H,1H3,(H,18,19)(H,20,21)/t11-,14-/m0/s1. The van der Waals surface area contributed by atoms with E-state index < -0.39 is 17.9 Å². The van der Waals surface area contributed by atoms with Crippen LogP contribution in [0.25, 0.3) is 0 Å². The molecule has 0 saturated heterocycles. The number of amides is 1. The van der Waals surface area contributed by atoms with Gasteiger partial charge < -0.3 is 10.4 Å². The van der Waals surface area contributed by atoms with Crippen LogP contribution < -0.4 is 5.32 Å². The molecule has 0 radical (unpaired) electrons. The molecule has 0 unspecified atom stereocenters. The molecule has 0 saturated carbocycles. The van der Waals surface area contributed by atoms with Crippen molar-refractivity contribution in [3.8, 4) is 0 Å². The van der Waals surface area contributed by atoms with E-state index in [0.29, 0.717) is 5.56 Å². The van der Waals surface area contributed by atoms with Crippen molar-refractivity contribution in [3.63, 3.8) is 0 Å². The van der Waals surface area contributed by atoms with Gasteiger partial charge in [0.15, 0.2) is 0 Å². The number of aromatic nitrogens is 1. The van der Waals surface area contributed by atoms with E-state index in [1.807, 2.05) is 18.2 Å². The third-order valence-electron chi connectivity index (χ3n) is 3.26. The quantitative estimate of drug-likeness (QED) is 0.882. The first kappa shape index (κ1) is 14.7. The van der Waals surface area contributed by atoms with E-state index in [2.05, 4.69) is 10.3 Å². The molecule has 0 spiro atoms. The van der Waals surface area contributed by atoms with Crippen LogP contribution in [0.15, 0.2) is 54.9 Å². The summed E-state index contributed by atoms with van der Waals surface area (Å²) in [6.07, 6.45) is 3.02. The van der Waals surface area contributed by atoms with Crippen LogP contribution in [0.4, 0.5) is 0 Å². The Morgan fingerprint density at radius 3 is 2.43 bits per heavy atom. The number of nitrogens with one attached hydrogen (secondary N) is 1. The van der Waals surface area contributed by atoms with Gasteiger partial charge in [0.25, 0.3) is 5.91 Å². The van der Waals surface area contributed by atoms with E-state index in [9.17, 15) is 14.7 Å². The number of aliphatic carboxylic acids is 1. The minimum Gasteiger partial charge on any atom is -0.481 e. The molecule has 2 N–H and O–H groups in total. The Bertz CT molecular complexity index is 614. The Morgan fingerprint density at radius 1 is 1.14 bits per heavy atom. The maximum absolute atomic E-state index is 12.2. The molecule has 5 nitrogen and oxygen atoms in total. The highest BCUT2D eigenvalue weighted by Crippen LogP contribution is 2.22. The van der Waals surface area contributed by atoms with Gasteiger partial charge in [0.05, 0.1) is 17.5 Å². The predicted molar refractivity (Wildman–Crippen MR) is 77.7 cm³/mol. The van der Waals surface area contributed by atoms with Crippen LogP contribution in [-0.4, -0.2) is 22.0 Å². The van der Waals surface area contributed by atoms with Crippen molar-refractivity contribution >= 4 is 11.9 Å². The van der Waals surface area contributed by atoms with Gasteiger partial charge in [0.1, 0.15) is 0 Å². The molecule has 0 aliphatic carbocycles. The van der Waals surface area contributed by atoms with Crippen molar-refractivity contribution in [2.75, 3.05) is 0 Å². The summed E-state index contributed by atoms with van der Waals surface area (Å²) in [5.74, 6) is -2.05. The zero-order chi connectivity index (χ0) is 15.2. The van der Waals surface area contributed by atoms with Gasteiger partial charge in [-0.3, -0.25) is 14.6 Å². The molecule has 1 amide bonds. The molecule has 1 heterocycles. The smallest absolute Gasteiger partial charge is 0.308 e. The van der Waals surface area contributed by atoms with Crippen molar-refractivity contribution in [2.24, 2.45) is 5.92 Å². The molecule has 2 rings (SSSR count). The summed E-state index contributed by atoms with van der Waals surface area (Å²) in [6, 6.07) is 11.8. The second-order valence-corrected chi connectivity index (χ2v) is 4.73. The first-order valence-corrected chi connectivity index (χ1v) is 6.58. The van der Waals surface area contributed by atoms with Gasteiger partial charge in [-0.2, -0.15) is 0 Å². The molecule has 5 heteroatoms. The fourth-order valence-electron chi connectivity index (χ4n) is 2.02. The van der Waals surface area contributed by atoms with Crippen LogP contribution >= 0.6 is 0 Å². The van der Waals surface area contributed by atoms with E-state index in [1.54, 1.807) is 37.4 Å². The second kappa shape index (κ2) is 6.65. The Morgan fingerprint density at radius 2 is 1.86 bits per heavy atom. The summed E-state index contributed by atoms with van der Waals surface area (Å²) in [5, 5.41) is 12.0. The summed E-state index contributed by atoms with van der Waals surface area (Å²) in [7, 11) is 0. The first-order chi connectivity index (χ1) is 10.1. The summed E-state index contributed by atoms with van der Waals surface area (Å²) in [4.78, 5) is 27.4. The van der Waals surface area contributed by atoms with Crippen molar-refractivity contribution in [3.05, 3.63) is 66.0 Å². The topological polar surface area (TPSA) is 79.3 Å². The molecule has 2 atom stereocenters. The molecular formula is C16H16N2O3. The van der Waals surface area contributed by atoms with Crippen molar-refractivity contribution in [2.45, 2.75) is 13.0 Å². The molecule has 2 aromatic rings.